The molecule has 0 bridgehead atoms. The lowest BCUT2D eigenvalue weighted by Crippen LogP contribution is -2.35. The van der Waals surface area contributed by atoms with Crippen molar-refractivity contribution in [1.82, 2.24) is 5.32 Å². The van der Waals surface area contributed by atoms with Crippen LogP contribution in [0.5, 0.6) is 0 Å². The predicted molar refractivity (Wildman–Crippen MR) is 125 cm³/mol. The lowest BCUT2D eigenvalue weighted by Gasteiger charge is -2.32. The maximum absolute atomic E-state index is 11.4. The second kappa shape index (κ2) is 8.78. The van der Waals surface area contributed by atoms with Crippen molar-refractivity contribution in [3.8, 4) is 0 Å². The number of hydrogen-bond donors (Lipinski definition) is 2. The van der Waals surface area contributed by atoms with Crippen molar-refractivity contribution in [3.63, 3.8) is 0 Å². The van der Waals surface area contributed by atoms with Gasteiger partial charge in [0, 0.05) is 17.8 Å². The molecule has 1 aliphatic rings. The van der Waals surface area contributed by atoms with Crippen LogP contribution in [0.15, 0.2) is 66.7 Å². The molecule has 3 unspecified atom stereocenters. The van der Waals surface area contributed by atoms with Crippen LogP contribution in [0.3, 0.4) is 0 Å². The van der Waals surface area contributed by atoms with Gasteiger partial charge in [-0.3, -0.25) is 4.72 Å². The summed E-state index contributed by atoms with van der Waals surface area (Å²) in [6, 6.07) is 23.8. The van der Waals surface area contributed by atoms with Crippen LogP contribution in [-0.2, 0) is 10.0 Å². The Balaban J connectivity index is 1.44. The van der Waals surface area contributed by atoms with Gasteiger partial charge in [-0.1, -0.05) is 61.0 Å². The highest BCUT2D eigenvalue weighted by Gasteiger charge is 2.25. The zero-order chi connectivity index (χ0) is 21.1. The average Bonchev–Trinajstić information content (AvgIpc) is 2.73. The van der Waals surface area contributed by atoms with Crippen LogP contribution in [0, 0.1) is 0 Å². The third kappa shape index (κ3) is 5.02. The van der Waals surface area contributed by atoms with Gasteiger partial charge in [0.15, 0.2) is 0 Å². The molecule has 1 saturated carbocycles. The van der Waals surface area contributed by atoms with Gasteiger partial charge in [-0.25, -0.2) is 8.42 Å². The van der Waals surface area contributed by atoms with Crippen molar-refractivity contribution >= 4 is 26.5 Å². The Bertz CT molecular complexity index is 1100. The Hall–Kier alpha value is -2.37. The number of fused-ring (bicyclic) bond motifs is 1. The van der Waals surface area contributed by atoms with E-state index in [0.29, 0.717) is 23.7 Å². The SMILES string of the molecule is CC(NC1CCCC(c2ccc(NS(C)(=O)=O)cc2)C1)c1cccc2ccccc12. The highest BCUT2D eigenvalue weighted by atomic mass is 32.2. The van der Waals surface area contributed by atoms with Crippen molar-refractivity contribution in [3.05, 3.63) is 77.9 Å². The molecule has 5 heteroatoms. The highest BCUT2D eigenvalue weighted by Crippen LogP contribution is 2.35. The van der Waals surface area contributed by atoms with Crippen molar-refractivity contribution in [2.75, 3.05) is 11.0 Å². The van der Waals surface area contributed by atoms with Crippen LogP contribution in [-0.4, -0.2) is 20.7 Å². The molecular formula is C25H30N2O2S. The molecule has 0 aliphatic heterocycles. The maximum Gasteiger partial charge on any atom is 0.229 e. The monoisotopic (exact) mass is 422 g/mol. The Morgan fingerprint density at radius 2 is 1.67 bits per heavy atom. The zero-order valence-electron chi connectivity index (χ0n) is 17.6. The van der Waals surface area contributed by atoms with Gasteiger partial charge in [-0.2, -0.15) is 0 Å². The van der Waals surface area contributed by atoms with E-state index in [2.05, 4.69) is 71.6 Å². The Labute approximate surface area is 179 Å². The maximum atomic E-state index is 11.4. The second-order valence-corrected chi connectivity index (χ2v) is 10.3. The van der Waals surface area contributed by atoms with E-state index in [4.69, 9.17) is 0 Å². The first-order chi connectivity index (χ1) is 14.4. The van der Waals surface area contributed by atoms with Gasteiger partial charge in [0.2, 0.25) is 10.0 Å². The molecule has 1 fully saturated rings. The standard InChI is InChI=1S/C25H30N2O2S/c1-18(24-12-6-8-20-7-3-4-11-25(20)24)26-23-10-5-9-21(17-23)19-13-15-22(16-14-19)27-30(2,28)29/h3-4,6-8,11-16,18,21,23,26-27H,5,9-10,17H2,1-2H3. The summed E-state index contributed by atoms with van der Waals surface area (Å²) >= 11 is 0. The summed E-state index contributed by atoms with van der Waals surface area (Å²) in [6.07, 6.45) is 5.86. The molecule has 0 spiro atoms. The van der Waals surface area contributed by atoms with Crippen LogP contribution in [0.4, 0.5) is 5.69 Å². The van der Waals surface area contributed by atoms with E-state index < -0.39 is 10.0 Å². The summed E-state index contributed by atoms with van der Waals surface area (Å²) in [4.78, 5) is 0. The number of hydrogen-bond acceptors (Lipinski definition) is 3. The minimum Gasteiger partial charge on any atom is -0.307 e. The molecule has 3 aromatic carbocycles. The van der Waals surface area contributed by atoms with E-state index in [0.717, 1.165) is 6.42 Å². The Kier molecular flexibility index (Phi) is 6.11. The van der Waals surface area contributed by atoms with Gasteiger partial charge in [-0.15, -0.1) is 0 Å². The quantitative estimate of drug-likeness (QED) is 0.544. The van der Waals surface area contributed by atoms with Crippen LogP contribution in [0.1, 0.15) is 55.7 Å². The van der Waals surface area contributed by atoms with Crippen molar-refractivity contribution < 1.29 is 8.42 Å². The number of benzene rings is 3. The van der Waals surface area contributed by atoms with E-state index in [9.17, 15) is 8.42 Å². The molecule has 0 amide bonds. The van der Waals surface area contributed by atoms with Crippen molar-refractivity contribution in [2.24, 2.45) is 0 Å². The molecule has 0 saturated heterocycles. The van der Waals surface area contributed by atoms with Crippen molar-refractivity contribution in [1.29, 1.82) is 0 Å². The number of nitrogens with one attached hydrogen (secondary N) is 2. The second-order valence-electron chi connectivity index (χ2n) is 8.51. The van der Waals surface area contributed by atoms with E-state index in [1.807, 2.05) is 12.1 Å². The van der Waals surface area contributed by atoms with Crippen LogP contribution in [0.2, 0.25) is 0 Å². The van der Waals surface area contributed by atoms with Gasteiger partial charge in [0.1, 0.15) is 0 Å². The van der Waals surface area contributed by atoms with Gasteiger partial charge in [-0.05, 0) is 66.1 Å². The van der Waals surface area contributed by atoms with E-state index in [1.54, 1.807) is 0 Å². The first kappa shape index (κ1) is 20.9. The number of anilines is 1. The molecule has 158 valence electrons. The molecule has 3 aromatic rings. The van der Waals surface area contributed by atoms with Gasteiger partial charge < -0.3 is 5.32 Å². The van der Waals surface area contributed by atoms with Crippen LogP contribution in [0.25, 0.3) is 10.8 Å². The van der Waals surface area contributed by atoms with Crippen molar-refractivity contribution in [2.45, 2.75) is 50.6 Å². The molecule has 4 rings (SSSR count). The number of rotatable bonds is 6. The summed E-state index contributed by atoms with van der Waals surface area (Å²) in [7, 11) is -3.24. The lowest BCUT2D eigenvalue weighted by molar-refractivity contribution is 0.319. The van der Waals surface area contributed by atoms with Gasteiger partial charge in [0.25, 0.3) is 0 Å². The molecule has 2 N–H and O–H groups in total. The Morgan fingerprint density at radius 1 is 0.933 bits per heavy atom. The largest absolute Gasteiger partial charge is 0.307 e. The molecule has 0 heterocycles. The highest BCUT2D eigenvalue weighted by molar-refractivity contribution is 7.92. The third-order valence-electron chi connectivity index (χ3n) is 6.14. The smallest absolute Gasteiger partial charge is 0.229 e. The summed E-state index contributed by atoms with van der Waals surface area (Å²) < 4.78 is 25.4. The molecule has 1 aliphatic carbocycles. The van der Waals surface area contributed by atoms with Crippen LogP contribution < -0.4 is 10.0 Å². The first-order valence-electron chi connectivity index (χ1n) is 10.7. The molecule has 3 atom stereocenters. The molecule has 4 nitrogen and oxygen atoms in total. The summed E-state index contributed by atoms with van der Waals surface area (Å²) in [5, 5.41) is 6.48. The fourth-order valence-corrected chi connectivity index (χ4v) is 5.32. The minimum atomic E-state index is -3.24. The fraction of sp³-hybridized carbons (Fsp3) is 0.360. The lowest BCUT2D eigenvalue weighted by atomic mass is 9.81. The predicted octanol–water partition coefficient (Wildman–Crippen LogP) is 5.59. The summed E-state index contributed by atoms with van der Waals surface area (Å²) in [5.74, 6) is 0.503. The first-order valence-corrected chi connectivity index (χ1v) is 12.6. The normalized spacial score (nSPS) is 20.7. The topological polar surface area (TPSA) is 58.2 Å². The van der Waals surface area contributed by atoms with E-state index in [1.165, 1.54) is 47.4 Å². The zero-order valence-corrected chi connectivity index (χ0v) is 18.5. The third-order valence-corrected chi connectivity index (χ3v) is 6.74. The minimum absolute atomic E-state index is 0.293. The van der Waals surface area contributed by atoms with E-state index in [-0.39, 0.29) is 0 Å². The average molecular weight is 423 g/mol. The van der Waals surface area contributed by atoms with Crippen LogP contribution >= 0.6 is 0 Å². The Morgan fingerprint density at radius 3 is 2.43 bits per heavy atom. The molecular weight excluding hydrogens is 392 g/mol. The molecule has 0 aromatic heterocycles. The molecule has 30 heavy (non-hydrogen) atoms. The van der Waals surface area contributed by atoms with Gasteiger partial charge >= 0.3 is 0 Å². The fourth-order valence-electron chi connectivity index (χ4n) is 4.75. The summed E-state index contributed by atoms with van der Waals surface area (Å²) in [5.41, 5.74) is 3.26. The van der Waals surface area contributed by atoms with Gasteiger partial charge in [0.05, 0.1) is 6.26 Å². The number of sulfonamides is 1. The summed E-state index contributed by atoms with van der Waals surface area (Å²) in [6.45, 7) is 2.26. The molecule has 0 radical (unpaired) electrons. The van der Waals surface area contributed by atoms with E-state index >= 15 is 0 Å².